The Hall–Kier alpha value is -1.95. The molecular formula is C13H17FN4O. The molecule has 2 aromatic rings. The molecule has 0 atom stereocenters. The van der Waals surface area contributed by atoms with Gasteiger partial charge in [0.05, 0.1) is 12.2 Å². The van der Waals surface area contributed by atoms with Crippen molar-refractivity contribution in [1.82, 2.24) is 15.5 Å². The van der Waals surface area contributed by atoms with E-state index in [0.717, 1.165) is 0 Å². The molecule has 2 rings (SSSR count). The van der Waals surface area contributed by atoms with Crippen LogP contribution in [-0.4, -0.2) is 23.3 Å². The molecule has 1 aromatic heterocycles. The summed E-state index contributed by atoms with van der Waals surface area (Å²) in [6, 6.07) is 7.05. The van der Waals surface area contributed by atoms with Crippen LogP contribution in [0.2, 0.25) is 0 Å². The number of para-hydroxylation sites is 1. The first kappa shape index (κ1) is 13.5. The quantitative estimate of drug-likeness (QED) is 0.899. The molecule has 0 unspecified atom stereocenters. The highest BCUT2D eigenvalue weighted by molar-refractivity contribution is 5.55. The van der Waals surface area contributed by atoms with Gasteiger partial charge in [-0.05, 0) is 12.1 Å². The number of halogens is 1. The molecule has 0 aliphatic carbocycles. The van der Waals surface area contributed by atoms with Gasteiger partial charge in [0, 0.05) is 13.1 Å². The minimum atomic E-state index is -0.329. The minimum Gasteiger partial charge on any atom is -0.406 e. The molecule has 0 aliphatic rings. The lowest BCUT2D eigenvalue weighted by Gasteiger charge is -2.14. The number of hydrogen-bond donors (Lipinski definition) is 1. The number of benzene rings is 1. The topological polar surface area (TPSA) is 54.2 Å². The highest BCUT2D eigenvalue weighted by Crippen LogP contribution is 2.24. The lowest BCUT2D eigenvalue weighted by Crippen LogP contribution is -2.21. The van der Waals surface area contributed by atoms with Gasteiger partial charge in [-0.15, -0.1) is 5.10 Å². The molecule has 5 nitrogen and oxygen atoms in total. The lowest BCUT2D eigenvalue weighted by molar-refractivity contribution is 0.454. The number of hydrogen-bond acceptors (Lipinski definition) is 5. The molecule has 0 saturated carbocycles. The van der Waals surface area contributed by atoms with Gasteiger partial charge in [-0.3, -0.25) is 4.90 Å². The van der Waals surface area contributed by atoms with Crippen molar-refractivity contribution < 1.29 is 8.81 Å². The second-order valence-electron chi connectivity index (χ2n) is 4.52. The fourth-order valence-electron chi connectivity index (χ4n) is 1.57. The van der Waals surface area contributed by atoms with Crippen LogP contribution in [0.4, 0.5) is 16.1 Å². The molecule has 0 radical (unpaired) electrons. The number of anilines is 2. The first-order chi connectivity index (χ1) is 9.08. The van der Waals surface area contributed by atoms with E-state index in [0.29, 0.717) is 24.2 Å². The van der Waals surface area contributed by atoms with Gasteiger partial charge in [-0.2, -0.15) is 0 Å². The Bertz CT molecular complexity index is 541. The van der Waals surface area contributed by atoms with Crippen molar-refractivity contribution in [3.8, 4) is 0 Å². The van der Waals surface area contributed by atoms with E-state index in [4.69, 9.17) is 4.42 Å². The standard InChI is InChI=1S/C13H17FN4O/c1-9(2)15-8-12-16-17-13(19-12)18(3)11-7-5-4-6-10(11)14/h4-7,9,15H,8H2,1-3H3. The molecular weight excluding hydrogens is 247 g/mol. The normalized spacial score (nSPS) is 11.0. The molecule has 0 saturated heterocycles. The highest BCUT2D eigenvalue weighted by Gasteiger charge is 2.15. The monoisotopic (exact) mass is 264 g/mol. The summed E-state index contributed by atoms with van der Waals surface area (Å²) in [6.45, 7) is 4.56. The van der Waals surface area contributed by atoms with Crippen LogP contribution in [0.3, 0.4) is 0 Å². The number of nitrogens with one attached hydrogen (secondary N) is 1. The molecule has 0 bridgehead atoms. The molecule has 19 heavy (non-hydrogen) atoms. The van der Waals surface area contributed by atoms with E-state index in [1.165, 1.54) is 11.0 Å². The Morgan fingerprint density at radius 1 is 1.32 bits per heavy atom. The molecule has 1 aromatic carbocycles. The van der Waals surface area contributed by atoms with E-state index in [9.17, 15) is 4.39 Å². The zero-order chi connectivity index (χ0) is 13.8. The van der Waals surface area contributed by atoms with Gasteiger partial charge >= 0.3 is 6.01 Å². The Balaban J connectivity index is 2.12. The molecule has 102 valence electrons. The summed E-state index contributed by atoms with van der Waals surface area (Å²) in [7, 11) is 1.69. The summed E-state index contributed by atoms with van der Waals surface area (Å²) >= 11 is 0. The van der Waals surface area contributed by atoms with Crippen LogP contribution in [0.5, 0.6) is 0 Å². The summed E-state index contributed by atoms with van der Waals surface area (Å²) in [6.07, 6.45) is 0. The van der Waals surface area contributed by atoms with E-state index in [2.05, 4.69) is 15.5 Å². The van der Waals surface area contributed by atoms with E-state index in [1.54, 1.807) is 25.2 Å². The summed E-state index contributed by atoms with van der Waals surface area (Å²) in [5, 5.41) is 11.0. The predicted molar refractivity (Wildman–Crippen MR) is 70.7 cm³/mol. The molecule has 0 amide bonds. The van der Waals surface area contributed by atoms with E-state index < -0.39 is 0 Å². The van der Waals surface area contributed by atoms with Crippen LogP contribution in [0.15, 0.2) is 28.7 Å². The fourth-order valence-corrected chi connectivity index (χ4v) is 1.57. The number of aromatic nitrogens is 2. The predicted octanol–water partition coefficient (Wildman–Crippen LogP) is 2.47. The van der Waals surface area contributed by atoms with Crippen LogP contribution < -0.4 is 10.2 Å². The Labute approximate surface area is 111 Å². The third kappa shape index (κ3) is 3.29. The maximum absolute atomic E-state index is 13.6. The molecule has 6 heteroatoms. The van der Waals surface area contributed by atoms with Crippen molar-refractivity contribution in [2.24, 2.45) is 0 Å². The molecule has 0 spiro atoms. The number of rotatable bonds is 5. The van der Waals surface area contributed by atoms with Crippen molar-refractivity contribution >= 4 is 11.7 Å². The summed E-state index contributed by atoms with van der Waals surface area (Å²) in [5.41, 5.74) is 0.398. The average molecular weight is 264 g/mol. The Kier molecular flexibility index (Phi) is 4.11. The second-order valence-corrected chi connectivity index (χ2v) is 4.52. The molecule has 0 aliphatic heterocycles. The molecule has 0 fully saturated rings. The third-order valence-corrected chi connectivity index (χ3v) is 2.62. The summed E-state index contributed by atoms with van der Waals surface area (Å²) < 4.78 is 19.1. The SMILES string of the molecule is CC(C)NCc1nnc(N(C)c2ccccc2F)o1. The van der Waals surface area contributed by atoms with E-state index in [-0.39, 0.29) is 11.8 Å². The van der Waals surface area contributed by atoms with Crippen molar-refractivity contribution in [2.45, 2.75) is 26.4 Å². The molecule has 1 N–H and O–H groups in total. The van der Waals surface area contributed by atoms with Gasteiger partial charge < -0.3 is 9.73 Å². The van der Waals surface area contributed by atoms with Gasteiger partial charge in [0.25, 0.3) is 0 Å². The Morgan fingerprint density at radius 3 is 2.74 bits per heavy atom. The zero-order valence-corrected chi connectivity index (χ0v) is 11.2. The number of nitrogens with zero attached hydrogens (tertiary/aromatic N) is 3. The highest BCUT2D eigenvalue weighted by atomic mass is 19.1. The largest absolute Gasteiger partial charge is 0.406 e. The van der Waals surface area contributed by atoms with E-state index in [1.807, 2.05) is 13.8 Å². The van der Waals surface area contributed by atoms with Crippen LogP contribution >= 0.6 is 0 Å². The fraction of sp³-hybridized carbons (Fsp3) is 0.385. The van der Waals surface area contributed by atoms with E-state index >= 15 is 0 Å². The summed E-state index contributed by atoms with van der Waals surface area (Å²) in [5.74, 6) is 0.150. The average Bonchev–Trinajstić information content (AvgIpc) is 2.85. The lowest BCUT2D eigenvalue weighted by atomic mass is 10.3. The maximum atomic E-state index is 13.6. The molecule has 1 heterocycles. The first-order valence-corrected chi connectivity index (χ1v) is 6.12. The second kappa shape index (κ2) is 5.79. The van der Waals surface area contributed by atoms with Gasteiger partial charge in [0.1, 0.15) is 5.82 Å². The summed E-state index contributed by atoms with van der Waals surface area (Å²) in [4.78, 5) is 1.53. The van der Waals surface area contributed by atoms with Crippen molar-refractivity contribution in [3.63, 3.8) is 0 Å². The van der Waals surface area contributed by atoms with Crippen LogP contribution in [0, 0.1) is 5.82 Å². The van der Waals surface area contributed by atoms with Gasteiger partial charge in [-0.25, -0.2) is 4.39 Å². The minimum absolute atomic E-state index is 0.269. The first-order valence-electron chi connectivity index (χ1n) is 6.12. The third-order valence-electron chi connectivity index (χ3n) is 2.62. The zero-order valence-electron chi connectivity index (χ0n) is 11.2. The van der Waals surface area contributed by atoms with Gasteiger partial charge in [-0.1, -0.05) is 31.1 Å². The van der Waals surface area contributed by atoms with Crippen LogP contribution in [0.1, 0.15) is 19.7 Å². The van der Waals surface area contributed by atoms with Crippen molar-refractivity contribution in [3.05, 3.63) is 36.0 Å². The maximum Gasteiger partial charge on any atom is 0.322 e. The smallest absolute Gasteiger partial charge is 0.322 e. The van der Waals surface area contributed by atoms with Crippen molar-refractivity contribution in [2.75, 3.05) is 11.9 Å². The van der Waals surface area contributed by atoms with Crippen molar-refractivity contribution in [1.29, 1.82) is 0 Å². The van der Waals surface area contributed by atoms with Crippen LogP contribution in [-0.2, 0) is 6.54 Å². The van der Waals surface area contributed by atoms with Crippen LogP contribution in [0.25, 0.3) is 0 Å². The van der Waals surface area contributed by atoms with Gasteiger partial charge in [0.2, 0.25) is 5.89 Å². The van der Waals surface area contributed by atoms with Gasteiger partial charge in [0.15, 0.2) is 0 Å². The Morgan fingerprint density at radius 2 is 2.05 bits per heavy atom.